The third-order valence-electron chi connectivity index (χ3n) is 1.83. The molecule has 0 radical (unpaired) electrons. The average Bonchev–Trinajstić information content (AvgIpc) is 2.65. The lowest BCUT2D eigenvalue weighted by atomic mass is 10.3. The molecular weight excluding hydrogens is 183 g/mol. The van der Waals surface area contributed by atoms with Gasteiger partial charge in [0.15, 0.2) is 11.6 Å². The Morgan fingerprint density at radius 2 is 2.21 bits per heavy atom. The van der Waals surface area contributed by atoms with Crippen LogP contribution in [0, 0.1) is 5.82 Å². The van der Waals surface area contributed by atoms with Crippen LogP contribution in [0.25, 0.3) is 5.82 Å². The summed E-state index contributed by atoms with van der Waals surface area (Å²) in [6, 6.07) is 3.58. The number of nitrogens with zero attached hydrogens (tertiary/aromatic N) is 3. The molecule has 0 aliphatic rings. The molecule has 0 unspecified atom stereocenters. The Bertz CT molecular complexity index is 421. The largest absolute Gasteiger partial charge is 0.326 e. The minimum absolute atomic E-state index is 0.380. The molecule has 2 aromatic heterocycles. The highest BCUT2D eigenvalue weighted by atomic mass is 19.1. The van der Waals surface area contributed by atoms with Gasteiger partial charge in [0.25, 0.3) is 0 Å². The number of rotatable bonds is 2. The predicted octanol–water partition coefficient (Wildman–Crippen LogP) is 0.865. The number of halogens is 1. The number of pyridine rings is 1. The first-order valence-electron chi connectivity index (χ1n) is 4.15. The van der Waals surface area contributed by atoms with Crippen molar-refractivity contribution in [3.8, 4) is 5.82 Å². The van der Waals surface area contributed by atoms with Gasteiger partial charge in [0.2, 0.25) is 0 Å². The standard InChI is InChI=1S/C9H9FN4/c10-8-5-13-14(6-8)9-2-1-7(3-11)4-12-9/h1-2,4-6H,3,11H2. The summed E-state index contributed by atoms with van der Waals surface area (Å²) in [5, 5.41) is 3.79. The van der Waals surface area contributed by atoms with E-state index >= 15 is 0 Å². The maximum atomic E-state index is 12.6. The van der Waals surface area contributed by atoms with E-state index in [-0.39, 0.29) is 5.82 Å². The van der Waals surface area contributed by atoms with Gasteiger partial charge < -0.3 is 5.73 Å². The Morgan fingerprint density at radius 3 is 2.71 bits per heavy atom. The predicted molar refractivity (Wildman–Crippen MR) is 49.2 cm³/mol. The van der Waals surface area contributed by atoms with Crippen molar-refractivity contribution in [2.24, 2.45) is 5.73 Å². The summed E-state index contributed by atoms with van der Waals surface area (Å²) < 4.78 is 14.0. The van der Waals surface area contributed by atoms with E-state index in [2.05, 4.69) is 10.1 Å². The van der Waals surface area contributed by atoms with Crippen molar-refractivity contribution >= 4 is 0 Å². The number of hydrogen-bond donors (Lipinski definition) is 1. The quantitative estimate of drug-likeness (QED) is 0.767. The van der Waals surface area contributed by atoms with Gasteiger partial charge in [0.05, 0.1) is 12.4 Å². The summed E-state index contributed by atoms with van der Waals surface area (Å²) in [6.07, 6.45) is 4.05. The van der Waals surface area contributed by atoms with E-state index in [4.69, 9.17) is 5.73 Å². The summed E-state index contributed by atoms with van der Waals surface area (Å²) in [5.74, 6) is 0.195. The molecule has 0 aromatic carbocycles. The molecule has 2 N–H and O–H groups in total. The van der Waals surface area contributed by atoms with E-state index in [0.29, 0.717) is 12.4 Å². The molecule has 0 saturated heterocycles. The summed E-state index contributed by atoms with van der Waals surface area (Å²) in [4.78, 5) is 4.09. The van der Waals surface area contributed by atoms with E-state index in [1.54, 1.807) is 12.3 Å². The Hall–Kier alpha value is -1.75. The second kappa shape index (κ2) is 3.55. The van der Waals surface area contributed by atoms with Crippen LogP contribution in [0.15, 0.2) is 30.7 Å². The highest BCUT2D eigenvalue weighted by Crippen LogP contribution is 2.05. The lowest BCUT2D eigenvalue weighted by molar-refractivity contribution is 0.627. The highest BCUT2D eigenvalue weighted by molar-refractivity contribution is 5.24. The summed E-state index contributed by atoms with van der Waals surface area (Å²) in [5.41, 5.74) is 6.35. The molecule has 2 rings (SSSR count). The fraction of sp³-hybridized carbons (Fsp3) is 0.111. The average molecular weight is 192 g/mol. The molecule has 0 atom stereocenters. The topological polar surface area (TPSA) is 56.7 Å². The van der Waals surface area contributed by atoms with Crippen LogP contribution in [0.4, 0.5) is 4.39 Å². The first-order chi connectivity index (χ1) is 6.79. The Balaban J connectivity index is 2.33. The monoisotopic (exact) mass is 192 g/mol. The van der Waals surface area contributed by atoms with Crippen LogP contribution < -0.4 is 5.73 Å². The summed E-state index contributed by atoms with van der Waals surface area (Å²) in [7, 11) is 0. The van der Waals surface area contributed by atoms with Crippen LogP contribution in [-0.2, 0) is 6.54 Å². The SMILES string of the molecule is NCc1ccc(-n2cc(F)cn2)nc1. The second-order valence-corrected chi connectivity index (χ2v) is 2.83. The minimum Gasteiger partial charge on any atom is -0.326 e. The maximum absolute atomic E-state index is 12.6. The Morgan fingerprint density at radius 1 is 1.36 bits per heavy atom. The van der Waals surface area contributed by atoms with Crippen LogP contribution in [0.5, 0.6) is 0 Å². The smallest absolute Gasteiger partial charge is 0.161 e. The van der Waals surface area contributed by atoms with Crippen LogP contribution in [0.3, 0.4) is 0 Å². The lowest BCUT2D eigenvalue weighted by Crippen LogP contribution is -2.01. The molecule has 2 heterocycles. The molecule has 4 nitrogen and oxygen atoms in total. The number of nitrogens with two attached hydrogens (primary N) is 1. The van der Waals surface area contributed by atoms with Crippen LogP contribution in [0.1, 0.15) is 5.56 Å². The normalized spacial score (nSPS) is 10.4. The zero-order chi connectivity index (χ0) is 9.97. The first-order valence-corrected chi connectivity index (χ1v) is 4.15. The lowest BCUT2D eigenvalue weighted by Gasteiger charge is -2.00. The highest BCUT2D eigenvalue weighted by Gasteiger charge is 2.00. The third kappa shape index (κ3) is 1.62. The van der Waals surface area contributed by atoms with Crippen molar-refractivity contribution in [1.29, 1.82) is 0 Å². The Kier molecular flexibility index (Phi) is 2.24. The second-order valence-electron chi connectivity index (χ2n) is 2.83. The fourth-order valence-electron chi connectivity index (χ4n) is 1.10. The van der Waals surface area contributed by atoms with Gasteiger partial charge in [-0.05, 0) is 11.6 Å². The van der Waals surface area contributed by atoms with Gasteiger partial charge >= 0.3 is 0 Å². The molecule has 0 aliphatic carbocycles. The molecule has 0 aliphatic heterocycles. The van der Waals surface area contributed by atoms with Crippen molar-refractivity contribution in [2.75, 3.05) is 0 Å². The van der Waals surface area contributed by atoms with Crippen molar-refractivity contribution < 1.29 is 4.39 Å². The van der Waals surface area contributed by atoms with Crippen molar-refractivity contribution in [3.63, 3.8) is 0 Å². The Labute approximate surface area is 80.2 Å². The fourth-order valence-corrected chi connectivity index (χ4v) is 1.10. The first kappa shape index (κ1) is 8.83. The van der Waals surface area contributed by atoms with Gasteiger partial charge in [-0.3, -0.25) is 0 Å². The van der Waals surface area contributed by atoms with Gasteiger partial charge in [-0.15, -0.1) is 0 Å². The van der Waals surface area contributed by atoms with Gasteiger partial charge in [-0.25, -0.2) is 14.1 Å². The van der Waals surface area contributed by atoms with Crippen molar-refractivity contribution in [1.82, 2.24) is 14.8 Å². The van der Waals surface area contributed by atoms with Crippen molar-refractivity contribution in [3.05, 3.63) is 42.1 Å². The number of hydrogen-bond acceptors (Lipinski definition) is 3. The zero-order valence-corrected chi connectivity index (χ0v) is 7.39. The van der Waals surface area contributed by atoms with Gasteiger partial charge in [-0.1, -0.05) is 6.07 Å². The van der Waals surface area contributed by atoms with Crippen LogP contribution >= 0.6 is 0 Å². The van der Waals surface area contributed by atoms with Gasteiger partial charge in [-0.2, -0.15) is 5.10 Å². The maximum Gasteiger partial charge on any atom is 0.161 e. The van der Waals surface area contributed by atoms with E-state index < -0.39 is 0 Å². The molecule has 0 fully saturated rings. The van der Waals surface area contributed by atoms with Crippen LogP contribution in [-0.4, -0.2) is 14.8 Å². The summed E-state index contributed by atoms with van der Waals surface area (Å²) >= 11 is 0. The molecule has 0 bridgehead atoms. The third-order valence-corrected chi connectivity index (χ3v) is 1.83. The molecule has 5 heteroatoms. The van der Waals surface area contributed by atoms with Crippen LogP contribution in [0.2, 0.25) is 0 Å². The van der Waals surface area contributed by atoms with Gasteiger partial charge in [0, 0.05) is 12.7 Å². The molecule has 0 saturated carbocycles. The molecule has 14 heavy (non-hydrogen) atoms. The molecule has 0 amide bonds. The minimum atomic E-state index is -0.380. The molecule has 2 aromatic rings. The zero-order valence-electron chi connectivity index (χ0n) is 7.39. The van der Waals surface area contributed by atoms with E-state index in [9.17, 15) is 4.39 Å². The molecule has 0 spiro atoms. The van der Waals surface area contributed by atoms with E-state index in [0.717, 1.165) is 11.8 Å². The molecule has 72 valence electrons. The number of aromatic nitrogens is 3. The van der Waals surface area contributed by atoms with E-state index in [1.165, 1.54) is 10.9 Å². The van der Waals surface area contributed by atoms with E-state index in [1.807, 2.05) is 6.07 Å². The van der Waals surface area contributed by atoms with Gasteiger partial charge in [0.1, 0.15) is 0 Å². The molecular formula is C9H9FN4. The van der Waals surface area contributed by atoms with Crippen molar-refractivity contribution in [2.45, 2.75) is 6.54 Å². The summed E-state index contributed by atoms with van der Waals surface area (Å²) in [6.45, 7) is 0.445.